The number of hydrogen-bond donors (Lipinski definition) is 0. The maximum absolute atomic E-state index is 5.78. The van der Waals surface area contributed by atoms with Gasteiger partial charge in [-0.25, -0.2) is 4.98 Å². The van der Waals surface area contributed by atoms with E-state index >= 15 is 0 Å². The van der Waals surface area contributed by atoms with E-state index in [1.807, 2.05) is 42.9 Å². The van der Waals surface area contributed by atoms with E-state index in [4.69, 9.17) is 4.74 Å². The van der Waals surface area contributed by atoms with Crippen LogP contribution in [-0.2, 0) is 19.6 Å². The van der Waals surface area contributed by atoms with Crippen LogP contribution in [-0.4, -0.2) is 9.55 Å². The van der Waals surface area contributed by atoms with E-state index in [1.54, 1.807) is 6.20 Å². The first-order valence-electron chi connectivity index (χ1n) is 7.11. The Labute approximate surface area is 124 Å². The maximum Gasteiger partial charge on any atom is 0.119 e. The van der Waals surface area contributed by atoms with Crippen molar-refractivity contribution in [1.82, 2.24) is 9.55 Å². The molecule has 3 nitrogen and oxygen atoms in total. The number of ether oxygens (including phenoxy) is 1. The molecule has 1 heterocycles. The molecular formula is C18H18N2O. The smallest absolute Gasteiger partial charge is 0.119 e. The number of rotatable bonds is 6. The summed E-state index contributed by atoms with van der Waals surface area (Å²) in [5, 5.41) is 0. The van der Waals surface area contributed by atoms with Gasteiger partial charge < -0.3 is 9.30 Å². The molecule has 0 fully saturated rings. The average Bonchev–Trinajstić information content (AvgIpc) is 3.06. The van der Waals surface area contributed by atoms with Gasteiger partial charge in [-0.05, 0) is 29.7 Å². The molecule has 106 valence electrons. The van der Waals surface area contributed by atoms with Gasteiger partial charge in [0, 0.05) is 18.9 Å². The largest absolute Gasteiger partial charge is 0.489 e. The summed E-state index contributed by atoms with van der Waals surface area (Å²) >= 11 is 0. The second kappa shape index (κ2) is 6.75. The van der Waals surface area contributed by atoms with Crippen LogP contribution in [0.1, 0.15) is 11.1 Å². The zero-order valence-electron chi connectivity index (χ0n) is 11.9. The van der Waals surface area contributed by atoms with Gasteiger partial charge in [0.2, 0.25) is 0 Å². The van der Waals surface area contributed by atoms with Crippen molar-refractivity contribution >= 4 is 0 Å². The summed E-state index contributed by atoms with van der Waals surface area (Å²) in [5.74, 6) is 0.908. The minimum absolute atomic E-state index is 0.606. The van der Waals surface area contributed by atoms with E-state index in [0.717, 1.165) is 18.7 Å². The minimum Gasteiger partial charge on any atom is -0.489 e. The van der Waals surface area contributed by atoms with E-state index in [1.165, 1.54) is 11.1 Å². The van der Waals surface area contributed by atoms with E-state index in [0.29, 0.717) is 6.61 Å². The number of hydrogen-bond acceptors (Lipinski definition) is 2. The summed E-state index contributed by atoms with van der Waals surface area (Å²) in [6.45, 7) is 1.56. The van der Waals surface area contributed by atoms with E-state index < -0.39 is 0 Å². The van der Waals surface area contributed by atoms with Gasteiger partial charge in [0.05, 0.1) is 6.33 Å². The van der Waals surface area contributed by atoms with Gasteiger partial charge in [-0.2, -0.15) is 0 Å². The average molecular weight is 278 g/mol. The summed E-state index contributed by atoms with van der Waals surface area (Å²) in [7, 11) is 0. The van der Waals surface area contributed by atoms with Crippen molar-refractivity contribution in [1.29, 1.82) is 0 Å². The standard InChI is InChI=1S/C18H18N2O/c1-2-4-17(5-3-1)14-21-18-8-6-16(7-9-18)10-12-20-13-11-19-15-20/h1-9,11,13,15H,10,12,14H2. The van der Waals surface area contributed by atoms with Crippen LogP contribution < -0.4 is 4.74 Å². The fourth-order valence-electron chi connectivity index (χ4n) is 2.17. The molecule has 0 atom stereocenters. The highest BCUT2D eigenvalue weighted by Crippen LogP contribution is 2.15. The molecular weight excluding hydrogens is 260 g/mol. The molecule has 3 aromatic rings. The molecule has 0 N–H and O–H groups in total. The van der Waals surface area contributed by atoms with Crippen LogP contribution in [0.3, 0.4) is 0 Å². The molecule has 0 radical (unpaired) electrons. The van der Waals surface area contributed by atoms with Crippen molar-refractivity contribution in [2.45, 2.75) is 19.6 Å². The third kappa shape index (κ3) is 3.96. The second-order valence-corrected chi connectivity index (χ2v) is 4.97. The van der Waals surface area contributed by atoms with E-state index in [-0.39, 0.29) is 0 Å². The Morgan fingerprint density at radius 3 is 2.43 bits per heavy atom. The quantitative estimate of drug-likeness (QED) is 0.687. The molecule has 3 heteroatoms. The number of imidazole rings is 1. The Bertz CT molecular complexity index is 645. The Hall–Kier alpha value is -2.55. The van der Waals surface area contributed by atoms with Crippen LogP contribution in [0.25, 0.3) is 0 Å². The summed E-state index contributed by atoms with van der Waals surface area (Å²) < 4.78 is 7.87. The number of nitrogens with zero attached hydrogens (tertiary/aromatic N) is 2. The molecule has 0 saturated heterocycles. The molecule has 2 aromatic carbocycles. The first-order valence-corrected chi connectivity index (χ1v) is 7.11. The van der Waals surface area contributed by atoms with Gasteiger partial charge in [0.25, 0.3) is 0 Å². The van der Waals surface area contributed by atoms with Crippen LogP contribution in [0.4, 0.5) is 0 Å². The highest BCUT2D eigenvalue weighted by molar-refractivity contribution is 5.27. The summed E-state index contributed by atoms with van der Waals surface area (Å²) in [6.07, 6.45) is 6.63. The topological polar surface area (TPSA) is 27.1 Å². The lowest BCUT2D eigenvalue weighted by Gasteiger charge is -2.07. The SMILES string of the molecule is c1ccc(COc2ccc(CCn3ccnc3)cc2)cc1. The van der Waals surface area contributed by atoms with Crippen LogP contribution >= 0.6 is 0 Å². The molecule has 0 spiro atoms. The van der Waals surface area contributed by atoms with Crippen LogP contribution in [0.2, 0.25) is 0 Å². The second-order valence-electron chi connectivity index (χ2n) is 4.97. The van der Waals surface area contributed by atoms with Gasteiger partial charge in [-0.15, -0.1) is 0 Å². The van der Waals surface area contributed by atoms with Crippen molar-refractivity contribution in [3.63, 3.8) is 0 Å². The first-order chi connectivity index (χ1) is 10.4. The lowest BCUT2D eigenvalue weighted by molar-refractivity contribution is 0.306. The first kappa shape index (κ1) is 13.4. The van der Waals surface area contributed by atoms with Gasteiger partial charge in [0.15, 0.2) is 0 Å². The van der Waals surface area contributed by atoms with Crippen molar-refractivity contribution in [3.05, 3.63) is 84.4 Å². The molecule has 0 aliphatic carbocycles. The number of aromatic nitrogens is 2. The molecule has 0 aliphatic rings. The van der Waals surface area contributed by atoms with Crippen LogP contribution in [0, 0.1) is 0 Å². The molecule has 0 saturated carbocycles. The van der Waals surface area contributed by atoms with E-state index in [9.17, 15) is 0 Å². The van der Waals surface area contributed by atoms with Gasteiger partial charge in [-0.1, -0.05) is 42.5 Å². The van der Waals surface area contributed by atoms with Crippen molar-refractivity contribution in [2.24, 2.45) is 0 Å². The van der Waals surface area contributed by atoms with Gasteiger partial charge >= 0.3 is 0 Å². The highest BCUT2D eigenvalue weighted by atomic mass is 16.5. The molecule has 0 amide bonds. The number of aryl methyl sites for hydroxylation is 2. The van der Waals surface area contributed by atoms with Crippen molar-refractivity contribution < 1.29 is 4.74 Å². The molecule has 0 aliphatic heterocycles. The maximum atomic E-state index is 5.78. The molecule has 0 bridgehead atoms. The molecule has 0 unspecified atom stereocenters. The monoisotopic (exact) mass is 278 g/mol. The number of benzene rings is 2. The van der Waals surface area contributed by atoms with E-state index in [2.05, 4.69) is 33.8 Å². The highest BCUT2D eigenvalue weighted by Gasteiger charge is 1.98. The Kier molecular flexibility index (Phi) is 4.32. The summed E-state index contributed by atoms with van der Waals surface area (Å²) in [6, 6.07) is 18.5. The minimum atomic E-state index is 0.606. The predicted octanol–water partition coefficient (Wildman–Crippen LogP) is 3.70. The lowest BCUT2D eigenvalue weighted by atomic mass is 10.1. The fourth-order valence-corrected chi connectivity index (χ4v) is 2.17. The zero-order valence-corrected chi connectivity index (χ0v) is 11.9. The van der Waals surface area contributed by atoms with Crippen LogP contribution in [0.15, 0.2) is 73.3 Å². The fraction of sp³-hybridized carbons (Fsp3) is 0.167. The summed E-state index contributed by atoms with van der Waals surface area (Å²) in [5.41, 5.74) is 2.48. The predicted molar refractivity (Wildman–Crippen MR) is 83.1 cm³/mol. The third-order valence-electron chi connectivity index (χ3n) is 3.39. The third-order valence-corrected chi connectivity index (χ3v) is 3.39. The Morgan fingerprint density at radius 2 is 1.71 bits per heavy atom. The van der Waals surface area contributed by atoms with Crippen molar-refractivity contribution in [2.75, 3.05) is 0 Å². The normalized spacial score (nSPS) is 10.5. The Morgan fingerprint density at radius 1 is 0.905 bits per heavy atom. The molecule has 3 rings (SSSR count). The molecule has 21 heavy (non-hydrogen) atoms. The van der Waals surface area contributed by atoms with Crippen LogP contribution in [0.5, 0.6) is 5.75 Å². The molecule has 1 aromatic heterocycles. The van der Waals surface area contributed by atoms with Gasteiger partial charge in [0.1, 0.15) is 12.4 Å². The zero-order chi connectivity index (χ0) is 14.3. The summed E-state index contributed by atoms with van der Waals surface area (Å²) in [4.78, 5) is 4.04. The lowest BCUT2D eigenvalue weighted by Crippen LogP contribution is -1.99. The van der Waals surface area contributed by atoms with Crippen molar-refractivity contribution in [3.8, 4) is 5.75 Å². The van der Waals surface area contributed by atoms with Gasteiger partial charge in [-0.3, -0.25) is 0 Å². The Balaban J connectivity index is 1.52.